The van der Waals surface area contributed by atoms with Crippen LogP contribution in [0.3, 0.4) is 0 Å². The van der Waals surface area contributed by atoms with Crippen LogP contribution in [0.2, 0.25) is 5.02 Å². The van der Waals surface area contributed by atoms with Gasteiger partial charge in [-0.15, -0.1) is 0 Å². The van der Waals surface area contributed by atoms with Gasteiger partial charge in [-0.1, -0.05) is 17.7 Å². The number of nitrogens with one attached hydrogen (secondary N) is 2. The number of anilines is 2. The minimum absolute atomic E-state index is 0.129. The Bertz CT molecular complexity index is 1460. The highest BCUT2D eigenvalue weighted by atomic mass is 35.5. The summed E-state index contributed by atoms with van der Waals surface area (Å²) >= 11 is 5.90. The molecule has 1 aromatic heterocycles. The fraction of sp³-hybridized carbons (Fsp3) is 0.259. The molecule has 9 nitrogen and oxygen atoms in total. The lowest BCUT2D eigenvalue weighted by molar-refractivity contribution is -0.134. The van der Waals surface area contributed by atoms with Crippen LogP contribution in [0.1, 0.15) is 6.42 Å². The van der Waals surface area contributed by atoms with E-state index in [4.69, 9.17) is 11.6 Å². The zero-order chi connectivity index (χ0) is 27.0. The van der Waals surface area contributed by atoms with Crippen molar-refractivity contribution in [3.8, 4) is 5.69 Å². The first-order chi connectivity index (χ1) is 18.2. The second kappa shape index (κ2) is 10.4. The summed E-state index contributed by atoms with van der Waals surface area (Å²) in [5.41, 5.74) is 0.239. The van der Waals surface area contributed by atoms with Crippen LogP contribution < -0.4 is 16.2 Å². The zero-order valence-electron chi connectivity index (χ0n) is 20.0. The van der Waals surface area contributed by atoms with E-state index in [1.807, 2.05) is 0 Å². The lowest BCUT2D eigenvalue weighted by atomic mass is 10.2. The van der Waals surface area contributed by atoms with Gasteiger partial charge >= 0.3 is 0 Å². The number of amides is 3. The minimum atomic E-state index is -1.02. The van der Waals surface area contributed by atoms with E-state index < -0.39 is 47.4 Å². The molecule has 3 amide bonds. The van der Waals surface area contributed by atoms with Gasteiger partial charge < -0.3 is 20.6 Å². The number of likely N-dealkylation sites (tertiary alicyclic amines) is 1. The molecule has 4 atom stereocenters. The second-order valence-electron chi connectivity index (χ2n) is 9.36. The Labute approximate surface area is 221 Å². The third-order valence-electron chi connectivity index (χ3n) is 6.81. The second-order valence-corrected chi connectivity index (χ2v) is 9.80. The Morgan fingerprint density at radius 1 is 0.947 bits per heavy atom. The smallest absolute Gasteiger partial charge is 0.255 e. The molecule has 0 radical (unpaired) electrons. The monoisotopic (exact) mass is 538 g/mol. The summed E-state index contributed by atoms with van der Waals surface area (Å²) < 4.78 is 16.2. The first-order valence-corrected chi connectivity index (χ1v) is 12.4. The van der Waals surface area contributed by atoms with Crippen molar-refractivity contribution in [2.24, 2.45) is 17.8 Å². The van der Waals surface area contributed by atoms with Crippen LogP contribution in [0.4, 0.5) is 15.8 Å². The molecule has 3 aromatic rings. The summed E-state index contributed by atoms with van der Waals surface area (Å²) in [4.78, 5) is 52.9. The summed E-state index contributed by atoms with van der Waals surface area (Å²) in [7, 11) is 0. The molecule has 2 aromatic carbocycles. The number of benzene rings is 2. The van der Waals surface area contributed by atoms with Crippen molar-refractivity contribution in [2.45, 2.75) is 12.5 Å². The van der Waals surface area contributed by atoms with E-state index in [1.165, 1.54) is 33.9 Å². The average molecular weight is 539 g/mol. The predicted molar refractivity (Wildman–Crippen MR) is 138 cm³/mol. The van der Waals surface area contributed by atoms with Crippen molar-refractivity contribution in [3.63, 3.8) is 0 Å². The number of nitrogens with zero attached hydrogens (tertiary/aromatic N) is 2. The molecule has 1 unspecified atom stereocenters. The number of carbonyl (C=O) groups is 3. The number of aliphatic hydroxyl groups is 1. The van der Waals surface area contributed by atoms with Gasteiger partial charge in [-0.05, 0) is 48.9 Å². The molecule has 0 spiro atoms. The van der Waals surface area contributed by atoms with E-state index in [0.717, 1.165) is 6.07 Å². The van der Waals surface area contributed by atoms with E-state index in [2.05, 4.69) is 10.6 Å². The highest BCUT2D eigenvalue weighted by molar-refractivity contribution is 6.30. The van der Waals surface area contributed by atoms with Gasteiger partial charge in [0.2, 0.25) is 17.7 Å². The highest BCUT2D eigenvalue weighted by Crippen LogP contribution is 2.49. The van der Waals surface area contributed by atoms with E-state index >= 15 is 0 Å². The number of β-amino-alcohol motifs (C(OH)–C–C–N with tert-alkyl or cyclic N) is 1. The summed E-state index contributed by atoms with van der Waals surface area (Å²) in [6.45, 7) is 0.454. The van der Waals surface area contributed by atoms with Crippen molar-refractivity contribution in [1.82, 2.24) is 9.47 Å². The van der Waals surface area contributed by atoms with Crippen LogP contribution in [0.5, 0.6) is 0 Å². The minimum Gasteiger partial charge on any atom is -0.391 e. The molecule has 38 heavy (non-hydrogen) atoms. The Balaban J connectivity index is 1.34. The van der Waals surface area contributed by atoms with Gasteiger partial charge in [-0.3, -0.25) is 23.7 Å². The van der Waals surface area contributed by atoms with Gasteiger partial charge in [0.1, 0.15) is 5.82 Å². The van der Waals surface area contributed by atoms with Gasteiger partial charge in [0.25, 0.3) is 5.56 Å². The summed E-state index contributed by atoms with van der Waals surface area (Å²) in [5.74, 6) is -5.33. The van der Waals surface area contributed by atoms with Crippen molar-refractivity contribution in [3.05, 3.63) is 88.1 Å². The number of halogens is 2. The van der Waals surface area contributed by atoms with Crippen LogP contribution in [0, 0.1) is 23.6 Å². The normalized spacial score (nSPS) is 22.1. The molecule has 196 valence electrons. The SMILES string of the molecule is O=C(Nc1ccc(-n2ccccc2=O)cc1F)[C@@H]1C(C(=O)N2CC[C@@H](O)C2)[C@@H]1C(=O)Nc1ccc(Cl)cc1. The molecule has 2 aliphatic rings. The molecule has 1 saturated heterocycles. The fourth-order valence-electron chi connectivity index (χ4n) is 4.79. The maximum atomic E-state index is 14.9. The molecule has 3 N–H and O–H groups in total. The van der Waals surface area contributed by atoms with E-state index in [-0.39, 0.29) is 23.5 Å². The van der Waals surface area contributed by atoms with Gasteiger partial charge in [0, 0.05) is 42.1 Å². The molecule has 11 heteroatoms. The van der Waals surface area contributed by atoms with Crippen LogP contribution in [0.25, 0.3) is 5.69 Å². The molecule has 1 aliphatic carbocycles. The quantitative estimate of drug-likeness (QED) is 0.445. The number of rotatable bonds is 6. The lowest BCUT2D eigenvalue weighted by Crippen LogP contribution is -2.33. The standard InChI is InChI=1S/C27H24ClFN4O5/c28-15-4-6-16(7-5-15)30-25(36)22-23(24(22)27(38)32-12-10-18(34)14-32)26(37)31-20-9-8-17(13-19(20)29)33-11-2-1-3-21(33)35/h1-9,11,13,18,22-24,34H,10,12,14H2,(H,30,36)(H,31,37)/t18-,22-,23+,24?/m1/s1. The lowest BCUT2D eigenvalue weighted by Gasteiger charge is -2.15. The van der Waals surface area contributed by atoms with E-state index in [1.54, 1.807) is 36.4 Å². The number of carbonyl (C=O) groups excluding carboxylic acids is 3. The van der Waals surface area contributed by atoms with Crippen LogP contribution in [-0.2, 0) is 14.4 Å². The molecule has 2 fully saturated rings. The Morgan fingerprint density at radius 2 is 1.66 bits per heavy atom. The number of hydrogen-bond acceptors (Lipinski definition) is 5. The molecule has 1 saturated carbocycles. The Morgan fingerprint density at radius 3 is 2.29 bits per heavy atom. The number of pyridine rings is 1. The number of hydrogen-bond donors (Lipinski definition) is 3. The van der Waals surface area contributed by atoms with Crippen molar-refractivity contribution >= 4 is 40.7 Å². The fourth-order valence-corrected chi connectivity index (χ4v) is 4.92. The van der Waals surface area contributed by atoms with Gasteiger partial charge in [0.05, 0.1) is 35.2 Å². The van der Waals surface area contributed by atoms with Crippen molar-refractivity contribution in [2.75, 3.05) is 23.7 Å². The molecule has 0 bridgehead atoms. The van der Waals surface area contributed by atoms with Crippen molar-refractivity contribution in [1.29, 1.82) is 0 Å². The largest absolute Gasteiger partial charge is 0.391 e. The molecule has 2 heterocycles. The maximum Gasteiger partial charge on any atom is 0.255 e. The summed E-state index contributed by atoms with van der Waals surface area (Å²) in [5, 5.41) is 15.5. The summed E-state index contributed by atoms with van der Waals surface area (Å²) in [6, 6.07) is 14.8. The Kier molecular flexibility index (Phi) is 7.00. The highest BCUT2D eigenvalue weighted by Gasteiger charge is 2.63. The number of aliphatic hydroxyl groups excluding tert-OH is 1. The van der Waals surface area contributed by atoms with E-state index in [9.17, 15) is 28.7 Å². The van der Waals surface area contributed by atoms with Gasteiger partial charge in [-0.25, -0.2) is 4.39 Å². The molecular formula is C27H24ClFN4O5. The maximum absolute atomic E-state index is 14.9. The zero-order valence-corrected chi connectivity index (χ0v) is 20.8. The van der Waals surface area contributed by atoms with Crippen LogP contribution in [-0.4, -0.2) is 51.5 Å². The van der Waals surface area contributed by atoms with Gasteiger partial charge in [-0.2, -0.15) is 0 Å². The first kappa shape index (κ1) is 25.6. The van der Waals surface area contributed by atoms with Gasteiger partial charge in [0.15, 0.2) is 0 Å². The Hall–Kier alpha value is -4.02. The van der Waals surface area contributed by atoms with Crippen LogP contribution >= 0.6 is 11.6 Å². The average Bonchev–Trinajstić information content (AvgIpc) is 3.51. The van der Waals surface area contributed by atoms with Crippen LogP contribution in [0.15, 0.2) is 71.7 Å². The van der Waals surface area contributed by atoms with E-state index in [0.29, 0.717) is 23.7 Å². The number of aromatic nitrogens is 1. The molecular weight excluding hydrogens is 515 g/mol. The summed E-state index contributed by atoms with van der Waals surface area (Å²) in [6.07, 6.45) is 1.25. The molecule has 1 aliphatic heterocycles. The first-order valence-electron chi connectivity index (χ1n) is 12.0. The molecule has 5 rings (SSSR count). The predicted octanol–water partition coefficient (Wildman–Crippen LogP) is 2.66. The topological polar surface area (TPSA) is 121 Å². The van der Waals surface area contributed by atoms with Crippen molar-refractivity contribution < 1.29 is 23.9 Å². The third-order valence-corrected chi connectivity index (χ3v) is 7.06. The third kappa shape index (κ3) is 5.18.